The van der Waals surface area contributed by atoms with E-state index in [9.17, 15) is 4.79 Å². The zero-order chi connectivity index (χ0) is 8.57. The highest BCUT2D eigenvalue weighted by Crippen LogP contribution is 1.70. The Morgan fingerprint density at radius 2 is 2.00 bits per heavy atom. The molecule has 0 saturated carbocycles. The smallest absolute Gasteiger partial charge is 0.307 e. The molecule has 0 atom stereocenters. The van der Waals surface area contributed by atoms with Crippen molar-refractivity contribution in [1.29, 1.82) is 5.41 Å². The molecule has 0 aliphatic heterocycles. The average Bonchev–Trinajstić information content (AvgIpc) is 1.62. The highest BCUT2D eigenvalue weighted by Gasteiger charge is 1.79. The summed E-state index contributed by atoms with van der Waals surface area (Å²) >= 11 is 0. The second kappa shape index (κ2) is 7.48. The van der Waals surface area contributed by atoms with E-state index in [0.717, 1.165) is 6.26 Å². The largest absolute Gasteiger partial charge is 0.435 e. The third kappa shape index (κ3) is 88.8. The summed E-state index contributed by atoms with van der Waals surface area (Å²) in [4.78, 5) is 9.75. The number of rotatable bonds is 1. The molecule has 5 nitrogen and oxygen atoms in total. The van der Waals surface area contributed by atoms with E-state index in [0.29, 0.717) is 0 Å². The third-order valence-corrected chi connectivity index (χ3v) is 0.249. The topological polar surface area (TPSA) is 102 Å². The second-order valence-corrected chi connectivity index (χ2v) is 1.23. The molecule has 10 heavy (non-hydrogen) atoms. The number of nitrogens with two attached hydrogens (primary N) is 2. The first-order valence-corrected chi connectivity index (χ1v) is 2.38. The molecular weight excluding hydrogens is 134 g/mol. The summed E-state index contributed by atoms with van der Waals surface area (Å²) in [6.07, 6.45) is 1.10. The van der Waals surface area contributed by atoms with Gasteiger partial charge in [-0.3, -0.25) is 10.2 Å². The van der Waals surface area contributed by atoms with Crippen molar-refractivity contribution in [3.63, 3.8) is 0 Å². The first kappa shape index (κ1) is 11.3. The van der Waals surface area contributed by atoms with E-state index < -0.39 is 0 Å². The molecule has 5 heteroatoms. The lowest BCUT2D eigenvalue weighted by Gasteiger charge is -1.83. The standard InChI is InChI=1S/C4H6O2.CH5N3/c1-3-6-4(2)5;2-1(3)4/h3H,1H2,2H3;(H5,2,3,4). The molecule has 0 aliphatic rings. The van der Waals surface area contributed by atoms with E-state index in [1.54, 1.807) is 0 Å². The van der Waals surface area contributed by atoms with Gasteiger partial charge in [0.1, 0.15) is 0 Å². The first-order chi connectivity index (χ1) is 4.50. The Balaban J connectivity index is 0. The maximum absolute atomic E-state index is 9.75. The van der Waals surface area contributed by atoms with Gasteiger partial charge in [-0.05, 0) is 0 Å². The number of hydrogen-bond acceptors (Lipinski definition) is 3. The number of hydrogen-bond donors (Lipinski definition) is 3. The van der Waals surface area contributed by atoms with Gasteiger partial charge in [-0.25, -0.2) is 0 Å². The van der Waals surface area contributed by atoms with Crippen LogP contribution in [0.15, 0.2) is 12.8 Å². The minimum absolute atomic E-state index is 0.329. The van der Waals surface area contributed by atoms with Gasteiger partial charge in [-0.1, -0.05) is 6.58 Å². The molecule has 58 valence electrons. The fourth-order valence-corrected chi connectivity index (χ4v) is 0.117. The van der Waals surface area contributed by atoms with Crippen LogP contribution in [0.25, 0.3) is 0 Å². The van der Waals surface area contributed by atoms with Gasteiger partial charge in [0.05, 0.1) is 6.26 Å². The second-order valence-electron chi connectivity index (χ2n) is 1.23. The predicted octanol–water partition coefficient (Wildman–Crippen LogP) is -0.468. The Hall–Kier alpha value is -1.52. The van der Waals surface area contributed by atoms with Crippen LogP contribution in [0.4, 0.5) is 0 Å². The lowest BCUT2D eigenvalue weighted by molar-refractivity contribution is -0.135. The zero-order valence-electron chi connectivity index (χ0n) is 5.76. The van der Waals surface area contributed by atoms with Crippen molar-refractivity contribution in [1.82, 2.24) is 0 Å². The Kier molecular flexibility index (Phi) is 8.45. The van der Waals surface area contributed by atoms with Gasteiger partial charge in [0.25, 0.3) is 0 Å². The number of esters is 1. The van der Waals surface area contributed by atoms with Gasteiger partial charge in [0.15, 0.2) is 5.96 Å². The zero-order valence-corrected chi connectivity index (χ0v) is 5.76. The molecule has 0 rings (SSSR count). The number of guanidine groups is 1. The molecule has 0 unspecified atom stereocenters. The summed E-state index contributed by atoms with van der Waals surface area (Å²) in [5, 5.41) is 6.06. The molecule has 0 aromatic carbocycles. The minimum atomic E-state index is -0.333. The number of ether oxygens (including phenoxy) is 1. The Morgan fingerprint density at radius 3 is 2.00 bits per heavy atom. The van der Waals surface area contributed by atoms with Crippen LogP contribution in [-0.4, -0.2) is 11.9 Å². The van der Waals surface area contributed by atoms with Crippen LogP contribution in [0.5, 0.6) is 0 Å². The maximum Gasteiger partial charge on any atom is 0.307 e. The van der Waals surface area contributed by atoms with Gasteiger partial charge < -0.3 is 16.2 Å². The van der Waals surface area contributed by atoms with Crippen molar-refractivity contribution in [2.24, 2.45) is 11.5 Å². The SMILES string of the molecule is C=COC(C)=O.N=C(N)N. The molecule has 0 spiro atoms. The Morgan fingerprint density at radius 1 is 1.70 bits per heavy atom. The fraction of sp³-hybridized carbons (Fsp3) is 0.200. The van der Waals surface area contributed by atoms with E-state index in [4.69, 9.17) is 5.41 Å². The number of carbonyl (C=O) groups excluding carboxylic acids is 1. The van der Waals surface area contributed by atoms with Crippen molar-refractivity contribution >= 4 is 11.9 Å². The summed E-state index contributed by atoms with van der Waals surface area (Å²) in [6, 6.07) is 0. The lowest BCUT2D eigenvalue weighted by atomic mass is 10.8. The first-order valence-electron chi connectivity index (χ1n) is 2.38. The van der Waals surface area contributed by atoms with Crippen molar-refractivity contribution in [3.8, 4) is 0 Å². The molecule has 0 saturated heterocycles. The van der Waals surface area contributed by atoms with Crippen LogP contribution in [0.3, 0.4) is 0 Å². The van der Waals surface area contributed by atoms with Gasteiger partial charge in [-0.2, -0.15) is 0 Å². The average molecular weight is 145 g/mol. The summed E-state index contributed by atoms with van der Waals surface area (Å²) in [6.45, 7) is 4.48. The van der Waals surface area contributed by atoms with Crippen molar-refractivity contribution < 1.29 is 9.53 Å². The van der Waals surface area contributed by atoms with E-state index in [-0.39, 0.29) is 11.9 Å². The normalized spacial score (nSPS) is 6.50. The highest BCUT2D eigenvalue weighted by atomic mass is 16.5. The van der Waals surface area contributed by atoms with Crippen molar-refractivity contribution in [2.75, 3.05) is 0 Å². The van der Waals surface area contributed by atoms with Crippen LogP contribution in [-0.2, 0) is 9.53 Å². The monoisotopic (exact) mass is 145 g/mol. The number of nitrogens with one attached hydrogen (secondary N) is 1. The minimum Gasteiger partial charge on any atom is -0.435 e. The van der Waals surface area contributed by atoms with Crippen LogP contribution in [0.1, 0.15) is 6.92 Å². The molecule has 0 amide bonds. The van der Waals surface area contributed by atoms with Crippen LogP contribution >= 0.6 is 0 Å². The molecule has 0 aliphatic carbocycles. The van der Waals surface area contributed by atoms with Gasteiger partial charge in [0, 0.05) is 6.92 Å². The quantitative estimate of drug-likeness (QED) is 0.201. The van der Waals surface area contributed by atoms with Gasteiger partial charge >= 0.3 is 5.97 Å². The highest BCUT2D eigenvalue weighted by molar-refractivity contribution is 5.71. The predicted molar refractivity (Wildman–Crippen MR) is 38.1 cm³/mol. The van der Waals surface area contributed by atoms with E-state index in [1.165, 1.54) is 6.92 Å². The van der Waals surface area contributed by atoms with E-state index in [1.807, 2.05) is 0 Å². The van der Waals surface area contributed by atoms with E-state index in [2.05, 4.69) is 22.8 Å². The summed E-state index contributed by atoms with van der Waals surface area (Å²) in [5.74, 6) is -0.662. The summed E-state index contributed by atoms with van der Waals surface area (Å²) in [5.41, 5.74) is 8.94. The van der Waals surface area contributed by atoms with Gasteiger partial charge in [0.2, 0.25) is 0 Å². The van der Waals surface area contributed by atoms with Gasteiger partial charge in [-0.15, -0.1) is 0 Å². The van der Waals surface area contributed by atoms with Crippen LogP contribution < -0.4 is 11.5 Å². The van der Waals surface area contributed by atoms with Crippen molar-refractivity contribution in [2.45, 2.75) is 6.92 Å². The third-order valence-electron chi connectivity index (χ3n) is 0.249. The summed E-state index contributed by atoms with van der Waals surface area (Å²) in [7, 11) is 0. The summed E-state index contributed by atoms with van der Waals surface area (Å²) < 4.78 is 4.17. The molecule has 0 fully saturated rings. The Bertz CT molecular complexity index is 129. The molecular formula is C5H11N3O2. The molecule has 0 heterocycles. The fourth-order valence-electron chi connectivity index (χ4n) is 0.117. The number of carbonyl (C=O) groups is 1. The maximum atomic E-state index is 9.75. The van der Waals surface area contributed by atoms with Crippen molar-refractivity contribution in [3.05, 3.63) is 12.8 Å². The molecule has 0 aromatic rings. The molecule has 0 radical (unpaired) electrons. The lowest BCUT2D eigenvalue weighted by Crippen LogP contribution is -2.20. The van der Waals surface area contributed by atoms with Crippen LogP contribution in [0.2, 0.25) is 0 Å². The van der Waals surface area contributed by atoms with Crippen LogP contribution in [0, 0.1) is 5.41 Å². The van der Waals surface area contributed by atoms with E-state index >= 15 is 0 Å². The molecule has 0 bridgehead atoms. The Labute approximate surface area is 59.2 Å². The molecule has 5 N–H and O–H groups in total. The molecule has 0 aromatic heterocycles.